The van der Waals surface area contributed by atoms with Gasteiger partial charge >= 0.3 is 0 Å². The molecule has 1 aromatic rings. The highest BCUT2D eigenvalue weighted by Crippen LogP contribution is 2.25. The third-order valence-corrected chi connectivity index (χ3v) is 3.52. The summed E-state index contributed by atoms with van der Waals surface area (Å²) in [6.45, 7) is 4.36. The molecule has 102 valence electrons. The first kappa shape index (κ1) is 15.0. The first-order chi connectivity index (χ1) is 8.72. The molecule has 1 aromatic carbocycles. The van der Waals surface area contributed by atoms with Crippen LogP contribution in [0.25, 0.3) is 0 Å². The molecule has 0 aromatic heterocycles. The zero-order valence-electron chi connectivity index (χ0n) is 12.3. The van der Waals surface area contributed by atoms with Gasteiger partial charge in [-0.1, -0.05) is 44.7 Å². The Balaban J connectivity index is 2.61. The second-order valence-corrected chi connectivity index (χ2v) is 4.92. The van der Waals surface area contributed by atoms with Crippen LogP contribution in [0.5, 0.6) is 5.75 Å². The maximum atomic E-state index is 5.31. The Hall–Kier alpha value is -1.02. The zero-order chi connectivity index (χ0) is 13.4. The Bertz CT molecular complexity index is 349. The molecule has 0 aliphatic heterocycles. The van der Waals surface area contributed by atoms with E-state index in [2.05, 4.69) is 37.4 Å². The predicted molar refractivity (Wildman–Crippen MR) is 78.3 cm³/mol. The van der Waals surface area contributed by atoms with Crippen LogP contribution in [0.3, 0.4) is 0 Å². The Morgan fingerprint density at radius 1 is 1.22 bits per heavy atom. The molecule has 0 heterocycles. The first-order valence-electron chi connectivity index (χ1n) is 7.04. The molecule has 0 aliphatic carbocycles. The summed E-state index contributed by atoms with van der Waals surface area (Å²) in [5.74, 6) is 0.972. The SMILES string of the molecule is CCCCCCC(NC)c1ccc(OC)c(C)c1. The summed E-state index contributed by atoms with van der Waals surface area (Å²) >= 11 is 0. The van der Waals surface area contributed by atoms with Crippen molar-refractivity contribution < 1.29 is 4.74 Å². The van der Waals surface area contributed by atoms with Gasteiger partial charge in [-0.3, -0.25) is 0 Å². The average Bonchev–Trinajstić information content (AvgIpc) is 2.39. The van der Waals surface area contributed by atoms with Crippen LogP contribution >= 0.6 is 0 Å². The molecule has 2 heteroatoms. The van der Waals surface area contributed by atoms with Gasteiger partial charge in [0.1, 0.15) is 5.75 Å². The van der Waals surface area contributed by atoms with Crippen molar-refractivity contribution in [3.05, 3.63) is 29.3 Å². The maximum Gasteiger partial charge on any atom is 0.121 e. The average molecular weight is 249 g/mol. The van der Waals surface area contributed by atoms with Gasteiger partial charge in [-0.2, -0.15) is 0 Å². The van der Waals surface area contributed by atoms with Crippen LogP contribution in [-0.2, 0) is 0 Å². The van der Waals surface area contributed by atoms with Crippen molar-refractivity contribution in [2.75, 3.05) is 14.2 Å². The molecule has 0 amide bonds. The highest BCUT2D eigenvalue weighted by molar-refractivity contribution is 5.37. The van der Waals surface area contributed by atoms with Gasteiger partial charge in [-0.05, 0) is 37.6 Å². The fourth-order valence-corrected chi connectivity index (χ4v) is 2.37. The van der Waals surface area contributed by atoms with Gasteiger partial charge in [-0.25, -0.2) is 0 Å². The third-order valence-electron chi connectivity index (χ3n) is 3.52. The van der Waals surface area contributed by atoms with E-state index in [-0.39, 0.29) is 0 Å². The maximum absolute atomic E-state index is 5.31. The Kier molecular flexibility index (Phi) is 6.81. The van der Waals surface area contributed by atoms with Gasteiger partial charge in [0.25, 0.3) is 0 Å². The Morgan fingerprint density at radius 3 is 2.56 bits per heavy atom. The highest BCUT2D eigenvalue weighted by atomic mass is 16.5. The molecule has 1 rings (SSSR count). The smallest absolute Gasteiger partial charge is 0.121 e. The highest BCUT2D eigenvalue weighted by Gasteiger charge is 2.10. The van der Waals surface area contributed by atoms with E-state index < -0.39 is 0 Å². The van der Waals surface area contributed by atoms with Gasteiger partial charge in [0.2, 0.25) is 0 Å². The number of benzene rings is 1. The van der Waals surface area contributed by atoms with Gasteiger partial charge in [0.05, 0.1) is 7.11 Å². The number of methoxy groups -OCH3 is 1. The van der Waals surface area contributed by atoms with Crippen LogP contribution < -0.4 is 10.1 Å². The van der Waals surface area contributed by atoms with Crippen LogP contribution in [0.2, 0.25) is 0 Å². The normalized spacial score (nSPS) is 12.4. The molecule has 1 atom stereocenters. The summed E-state index contributed by atoms with van der Waals surface area (Å²) in [6.07, 6.45) is 6.49. The topological polar surface area (TPSA) is 21.3 Å². The third kappa shape index (κ3) is 4.34. The Labute approximate surface area is 112 Å². The molecular formula is C16H27NO. The van der Waals surface area contributed by atoms with E-state index in [1.807, 2.05) is 7.05 Å². The van der Waals surface area contributed by atoms with E-state index >= 15 is 0 Å². The standard InChI is InChI=1S/C16H27NO/c1-5-6-7-8-9-15(17-3)14-10-11-16(18-4)13(2)12-14/h10-12,15,17H,5-9H2,1-4H3. The number of rotatable bonds is 8. The number of ether oxygens (including phenoxy) is 1. The molecular weight excluding hydrogens is 222 g/mol. The molecule has 0 aliphatic rings. The van der Waals surface area contributed by atoms with Crippen molar-refractivity contribution in [2.45, 2.75) is 52.0 Å². The number of nitrogens with one attached hydrogen (secondary N) is 1. The van der Waals surface area contributed by atoms with E-state index in [9.17, 15) is 0 Å². The molecule has 1 N–H and O–H groups in total. The molecule has 18 heavy (non-hydrogen) atoms. The van der Waals surface area contributed by atoms with Crippen molar-refractivity contribution in [1.29, 1.82) is 0 Å². The molecule has 0 saturated heterocycles. The summed E-state index contributed by atoms with van der Waals surface area (Å²) in [6, 6.07) is 6.94. The second-order valence-electron chi connectivity index (χ2n) is 4.92. The van der Waals surface area contributed by atoms with Crippen LogP contribution in [0, 0.1) is 6.92 Å². The molecule has 1 unspecified atom stereocenters. The zero-order valence-corrected chi connectivity index (χ0v) is 12.3. The lowest BCUT2D eigenvalue weighted by Gasteiger charge is -2.18. The van der Waals surface area contributed by atoms with Crippen LogP contribution in [0.1, 0.15) is 56.2 Å². The van der Waals surface area contributed by atoms with Crippen molar-refractivity contribution in [2.24, 2.45) is 0 Å². The number of hydrogen-bond acceptors (Lipinski definition) is 2. The molecule has 2 nitrogen and oxygen atoms in total. The van der Waals surface area contributed by atoms with E-state index in [0.717, 1.165) is 5.75 Å². The molecule has 0 fully saturated rings. The van der Waals surface area contributed by atoms with E-state index in [1.165, 1.54) is 43.2 Å². The monoisotopic (exact) mass is 249 g/mol. The minimum Gasteiger partial charge on any atom is -0.496 e. The number of aryl methyl sites for hydroxylation is 1. The van der Waals surface area contributed by atoms with Gasteiger partial charge in [0.15, 0.2) is 0 Å². The lowest BCUT2D eigenvalue weighted by Crippen LogP contribution is -2.16. The van der Waals surface area contributed by atoms with E-state index in [1.54, 1.807) is 7.11 Å². The van der Waals surface area contributed by atoms with Gasteiger partial charge in [-0.15, -0.1) is 0 Å². The quantitative estimate of drug-likeness (QED) is 0.696. The van der Waals surface area contributed by atoms with Gasteiger partial charge in [0, 0.05) is 6.04 Å². The molecule has 0 spiro atoms. The molecule has 0 radical (unpaired) electrons. The summed E-state index contributed by atoms with van der Waals surface area (Å²) in [5, 5.41) is 3.42. The summed E-state index contributed by atoms with van der Waals surface area (Å²) in [7, 11) is 3.77. The van der Waals surface area contributed by atoms with Crippen LogP contribution in [-0.4, -0.2) is 14.2 Å². The second kappa shape index (κ2) is 8.15. The van der Waals surface area contributed by atoms with Gasteiger partial charge < -0.3 is 10.1 Å². The Morgan fingerprint density at radius 2 is 2.00 bits per heavy atom. The molecule has 0 bridgehead atoms. The molecule has 0 saturated carbocycles. The summed E-state index contributed by atoms with van der Waals surface area (Å²) < 4.78 is 5.31. The lowest BCUT2D eigenvalue weighted by atomic mass is 9.98. The van der Waals surface area contributed by atoms with Crippen LogP contribution in [0.15, 0.2) is 18.2 Å². The van der Waals surface area contributed by atoms with E-state index in [4.69, 9.17) is 4.74 Å². The summed E-state index contributed by atoms with van der Waals surface area (Å²) in [5.41, 5.74) is 2.58. The summed E-state index contributed by atoms with van der Waals surface area (Å²) in [4.78, 5) is 0. The number of unbranched alkanes of at least 4 members (excludes halogenated alkanes) is 3. The van der Waals surface area contributed by atoms with Crippen molar-refractivity contribution >= 4 is 0 Å². The lowest BCUT2D eigenvalue weighted by molar-refractivity contribution is 0.411. The fraction of sp³-hybridized carbons (Fsp3) is 0.625. The minimum absolute atomic E-state index is 0.464. The fourth-order valence-electron chi connectivity index (χ4n) is 2.37. The van der Waals surface area contributed by atoms with Crippen molar-refractivity contribution in [1.82, 2.24) is 5.32 Å². The largest absolute Gasteiger partial charge is 0.496 e. The minimum atomic E-state index is 0.464. The predicted octanol–water partition coefficient (Wildman–Crippen LogP) is 4.23. The first-order valence-corrected chi connectivity index (χ1v) is 7.04. The van der Waals surface area contributed by atoms with Crippen molar-refractivity contribution in [3.8, 4) is 5.75 Å². The van der Waals surface area contributed by atoms with Crippen LogP contribution in [0.4, 0.5) is 0 Å². The van der Waals surface area contributed by atoms with E-state index in [0.29, 0.717) is 6.04 Å². The van der Waals surface area contributed by atoms with Crippen molar-refractivity contribution in [3.63, 3.8) is 0 Å². The number of hydrogen-bond donors (Lipinski definition) is 1.